The molecular weight excluding hydrogens is 941 g/mol. The molecule has 4 aromatic carbocycles. The molecule has 7 rings (SSSR count). The Kier molecular flexibility index (Phi) is 14.1. The lowest BCUT2D eigenvalue weighted by Crippen LogP contribution is -2.49. The van der Waals surface area contributed by atoms with Crippen molar-refractivity contribution in [1.82, 2.24) is 34.4 Å². The molecule has 1 aliphatic heterocycles. The van der Waals surface area contributed by atoms with Gasteiger partial charge in [0.15, 0.2) is 0 Å². The van der Waals surface area contributed by atoms with Crippen molar-refractivity contribution in [3.8, 4) is 39.9 Å². The number of benzene rings is 4. The molecule has 0 N–H and O–H groups in total. The molecule has 0 unspecified atom stereocenters. The fraction of sp³-hybridized carbons (Fsp3) is 0.311. The van der Waals surface area contributed by atoms with Crippen LogP contribution >= 0.6 is 15.9 Å². The number of ether oxygens (including phenoxy) is 3. The van der Waals surface area contributed by atoms with Crippen LogP contribution in [-0.4, -0.2) is 97.3 Å². The second-order valence-corrected chi connectivity index (χ2v) is 20.2. The third-order valence-electron chi connectivity index (χ3n) is 10.5. The van der Waals surface area contributed by atoms with Gasteiger partial charge in [0, 0.05) is 31.7 Å². The van der Waals surface area contributed by atoms with E-state index in [-0.39, 0.29) is 42.3 Å². The molecule has 1 aliphatic rings. The zero-order valence-electron chi connectivity index (χ0n) is 36.7. The zero-order valence-corrected chi connectivity index (χ0v) is 39.9. The van der Waals surface area contributed by atoms with Crippen molar-refractivity contribution in [2.24, 2.45) is 0 Å². The Bertz CT molecular complexity index is 2800. The Morgan fingerprint density at radius 1 is 0.738 bits per heavy atom. The Morgan fingerprint density at radius 3 is 1.78 bits per heavy atom. The Hall–Kier alpha value is -6.09. The summed E-state index contributed by atoms with van der Waals surface area (Å²) in [5.41, 5.74) is 0.675. The Labute approximate surface area is 387 Å². The molecule has 0 bridgehead atoms. The molecule has 1 amide bonds. The van der Waals surface area contributed by atoms with Crippen LogP contribution in [0.15, 0.2) is 113 Å². The number of aromatic nitrogens is 5. The van der Waals surface area contributed by atoms with Crippen LogP contribution in [0.3, 0.4) is 0 Å². The molecule has 6 aromatic rings. The smallest absolute Gasteiger partial charge is 0.426 e. The van der Waals surface area contributed by atoms with E-state index in [0.29, 0.717) is 64.6 Å². The number of sulfonamides is 1. The lowest BCUT2D eigenvalue weighted by atomic mass is 10.0. The van der Waals surface area contributed by atoms with Gasteiger partial charge in [0.1, 0.15) is 26.7 Å². The van der Waals surface area contributed by atoms with Crippen molar-refractivity contribution in [3.63, 3.8) is 0 Å². The van der Waals surface area contributed by atoms with Crippen molar-refractivity contribution in [3.05, 3.63) is 124 Å². The largest absolute Gasteiger partial charge is 0.497 e. The number of likely N-dealkylation sites (tertiary alicyclic amines) is 1. The molecule has 1 saturated heterocycles. The summed E-state index contributed by atoms with van der Waals surface area (Å²) >= 11 is 3.46. The van der Waals surface area contributed by atoms with Gasteiger partial charge in [-0.25, -0.2) is 22.5 Å². The lowest BCUT2D eigenvalue weighted by Gasteiger charge is -2.37. The fourth-order valence-electron chi connectivity index (χ4n) is 7.41. The number of tetrazole rings is 1. The van der Waals surface area contributed by atoms with Gasteiger partial charge in [0.2, 0.25) is 15.8 Å². The first-order valence-electron chi connectivity index (χ1n) is 20.5. The normalized spacial score (nSPS) is 13.2. The van der Waals surface area contributed by atoms with E-state index in [1.54, 1.807) is 113 Å². The molecule has 17 nitrogen and oxygen atoms in total. The molecular formula is C45H49BrN8O9S2. The molecule has 65 heavy (non-hydrogen) atoms. The van der Waals surface area contributed by atoms with Gasteiger partial charge in [-0.3, -0.25) is 0 Å². The summed E-state index contributed by atoms with van der Waals surface area (Å²) in [5.74, 6) is 1.63. The second kappa shape index (κ2) is 19.6. The Balaban J connectivity index is 1.52. The summed E-state index contributed by atoms with van der Waals surface area (Å²) < 4.78 is 85.9. The first-order valence-corrected chi connectivity index (χ1v) is 24.1. The van der Waals surface area contributed by atoms with Gasteiger partial charge in [-0.05, 0) is 132 Å². The van der Waals surface area contributed by atoms with E-state index in [4.69, 9.17) is 28.5 Å². The van der Waals surface area contributed by atoms with Gasteiger partial charge >= 0.3 is 16.4 Å². The number of amides is 1. The average Bonchev–Trinajstić information content (AvgIpc) is 4.00. The summed E-state index contributed by atoms with van der Waals surface area (Å²) in [7, 11) is -5.37. The van der Waals surface area contributed by atoms with Crippen molar-refractivity contribution >= 4 is 48.0 Å². The number of halogens is 1. The van der Waals surface area contributed by atoms with Crippen LogP contribution in [0, 0.1) is 0 Å². The van der Waals surface area contributed by atoms with Crippen molar-refractivity contribution in [1.29, 1.82) is 0 Å². The van der Waals surface area contributed by atoms with Crippen molar-refractivity contribution in [2.45, 2.75) is 63.7 Å². The molecule has 342 valence electrons. The predicted octanol–water partition coefficient (Wildman–Crippen LogP) is 7.71. The highest BCUT2D eigenvalue weighted by Crippen LogP contribution is 2.45. The molecule has 0 aliphatic carbocycles. The lowest BCUT2D eigenvalue weighted by molar-refractivity contribution is 0.164. The molecule has 3 heterocycles. The van der Waals surface area contributed by atoms with Gasteiger partial charge in [-0.2, -0.15) is 17.5 Å². The summed E-state index contributed by atoms with van der Waals surface area (Å²) in [4.78, 5) is 20.3. The molecule has 2 aromatic heterocycles. The summed E-state index contributed by atoms with van der Waals surface area (Å²) in [6, 6.07) is 29.2. The highest BCUT2D eigenvalue weighted by molar-refractivity contribution is 9.10. The number of rotatable bonds is 16. The van der Waals surface area contributed by atoms with Crippen molar-refractivity contribution < 1.29 is 40.0 Å². The first kappa shape index (κ1) is 46.9. The number of hydrogen-bond donors (Lipinski definition) is 0. The topological polar surface area (TPSA) is 188 Å². The van der Waals surface area contributed by atoms with Crippen molar-refractivity contribution in [2.75, 3.05) is 38.7 Å². The maximum atomic E-state index is 16.2. The third kappa shape index (κ3) is 10.7. The number of carbonyl (C=O) groups excluding carboxylic acids is 1. The Morgan fingerprint density at radius 2 is 1.28 bits per heavy atom. The van der Waals surface area contributed by atoms with Crippen LogP contribution in [-0.2, 0) is 44.1 Å². The van der Waals surface area contributed by atoms with Crippen LogP contribution in [0.2, 0.25) is 0 Å². The maximum Gasteiger partial charge on any atom is 0.426 e. The van der Waals surface area contributed by atoms with Gasteiger partial charge in [-0.1, -0.05) is 42.5 Å². The summed E-state index contributed by atoms with van der Waals surface area (Å²) in [6.07, 6.45) is 0.290. The van der Waals surface area contributed by atoms with Gasteiger partial charge in [-0.15, -0.1) is 10.2 Å². The zero-order chi connectivity index (χ0) is 46.5. The second-order valence-electron chi connectivity index (χ2n) is 16.1. The van der Waals surface area contributed by atoms with E-state index in [0.717, 1.165) is 9.87 Å². The minimum atomic E-state index is -5.10. The van der Waals surface area contributed by atoms with E-state index in [2.05, 4.69) is 26.2 Å². The fourth-order valence-corrected chi connectivity index (χ4v) is 11.0. The van der Waals surface area contributed by atoms with E-state index < -0.39 is 36.9 Å². The number of carbonyl (C=O) groups is 1. The highest BCUT2D eigenvalue weighted by Gasteiger charge is 2.44. The summed E-state index contributed by atoms with van der Waals surface area (Å²) in [5, 5.41) is 13.5. The highest BCUT2D eigenvalue weighted by atomic mass is 79.9. The van der Waals surface area contributed by atoms with Gasteiger partial charge < -0.3 is 23.3 Å². The third-order valence-corrected chi connectivity index (χ3v) is 14.4. The number of anilines is 1. The van der Waals surface area contributed by atoms with E-state index in [1.807, 2.05) is 12.1 Å². The minimum absolute atomic E-state index is 0.0983. The molecule has 1 fully saturated rings. The van der Waals surface area contributed by atoms with E-state index in [9.17, 15) is 13.2 Å². The molecule has 0 spiro atoms. The average molecular weight is 990 g/mol. The monoisotopic (exact) mass is 988 g/mol. The van der Waals surface area contributed by atoms with Crippen LogP contribution in [0.1, 0.15) is 50.3 Å². The maximum absolute atomic E-state index is 16.2. The molecule has 0 radical (unpaired) electrons. The van der Waals surface area contributed by atoms with E-state index in [1.165, 1.54) is 34.3 Å². The predicted molar refractivity (Wildman–Crippen MR) is 247 cm³/mol. The SMILES string of the molecule is COc1ccc(CN(Cc2ccc(OC)cc2)S(=O)(=O)c2c(N(C(C)(C)C)S(=O)(=O)OC(=O)N3CCCC3)ccc(-c3cccc(Br)n3)c2-c2nnn(Cc3ccc(OC)cc3)n2)cc1. The van der Waals surface area contributed by atoms with Gasteiger partial charge in [0.05, 0.1) is 50.4 Å². The quantitative estimate of drug-likeness (QED) is 0.0859. The van der Waals surface area contributed by atoms with Crippen LogP contribution in [0.4, 0.5) is 10.5 Å². The number of pyridine rings is 1. The van der Waals surface area contributed by atoms with E-state index >= 15 is 8.42 Å². The standard InChI is InChI=1S/C45H49BrN8O9S2/c1-45(2,3)54(65(58,59)63-44(55)51-26-7-8-27-51)39-25-24-37(38-10-9-11-40(46)47-38)41(43-48-50-53(49-43)30-33-16-22-36(62-6)23-17-33)42(39)64(56,57)52(28-31-12-18-34(60-4)19-13-31)29-32-14-20-35(61-5)21-15-32/h9-25H,7-8,26-30H2,1-6H3. The molecule has 0 saturated carbocycles. The van der Waals surface area contributed by atoms with Gasteiger partial charge in [0.25, 0.3) is 0 Å². The number of methoxy groups -OCH3 is 3. The van der Waals surface area contributed by atoms with Crippen LogP contribution in [0.25, 0.3) is 22.6 Å². The summed E-state index contributed by atoms with van der Waals surface area (Å²) in [6.45, 7) is 5.12. The van der Waals surface area contributed by atoms with Crippen LogP contribution < -0.4 is 18.5 Å². The molecule has 0 atom stereocenters. The first-order chi connectivity index (χ1) is 31.0. The molecule has 20 heteroatoms. The minimum Gasteiger partial charge on any atom is -0.497 e. The number of nitrogens with zero attached hydrogens (tertiary/aromatic N) is 8. The number of hydrogen-bond acceptors (Lipinski definition) is 13. The van der Waals surface area contributed by atoms with Crippen LogP contribution in [0.5, 0.6) is 17.2 Å².